The maximum Gasteiger partial charge on any atom is 0.169 e. The molecule has 0 spiro atoms. The average molecular weight is 302 g/mol. The van der Waals surface area contributed by atoms with Crippen LogP contribution in [-0.2, 0) is 0 Å². The van der Waals surface area contributed by atoms with Gasteiger partial charge in [-0.05, 0) is 44.6 Å². The Hall–Kier alpha value is 0.290. The van der Waals surface area contributed by atoms with Gasteiger partial charge in [0.05, 0.1) is 4.47 Å². The Morgan fingerprint density at radius 3 is 2.78 bits per heavy atom. The monoisotopic (exact) mass is 301 g/mol. The van der Waals surface area contributed by atoms with Gasteiger partial charge in [-0.15, -0.1) is 0 Å². The Kier molecular flexibility index (Phi) is 2.40. The summed E-state index contributed by atoms with van der Waals surface area (Å²) >= 11 is 4.86. The lowest BCUT2D eigenvalue weighted by molar-refractivity contribution is 0.605. The summed E-state index contributed by atoms with van der Waals surface area (Å²) in [6.45, 7) is 0. The predicted molar refractivity (Wildman–Crippen MR) is 44.6 cm³/mol. The number of halogens is 3. The highest BCUT2D eigenvalue weighted by Crippen LogP contribution is 2.17. The first kappa shape index (κ1) is 7.40. The second-order valence-corrected chi connectivity index (χ2v) is 3.27. The minimum absolute atomic E-state index is 0.293. The van der Waals surface area contributed by atoms with Crippen molar-refractivity contribution in [1.29, 1.82) is 0 Å². The molecule has 0 amide bonds. The second kappa shape index (κ2) is 2.92. The third kappa shape index (κ3) is 1.61. The molecule has 4 heteroatoms. The van der Waals surface area contributed by atoms with Gasteiger partial charge >= 0.3 is 0 Å². The molecule has 1 heterocycles. The molecule has 0 unspecified atom stereocenters. The molecule has 0 aromatic carbocycles. The Morgan fingerprint density at radius 2 is 2.33 bits per heavy atom. The Labute approximate surface area is 73.9 Å². The third-order valence-corrected chi connectivity index (χ3v) is 2.16. The fourth-order valence-corrected chi connectivity index (χ4v) is 1.52. The molecule has 9 heavy (non-hydrogen) atoms. The normalized spacial score (nSPS) is 9.67. The van der Waals surface area contributed by atoms with Crippen molar-refractivity contribution in [3.63, 3.8) is 0 Å². The molecule has 0 aliphatic rings. The molecule has 1 nitrogen and oxygen atoms in total. The maximum absolute atomic E-state index is 12.6. The number of hydrogen-bond donors (Lipinski definition) is 0. The summed E-state index contributed by atoms with van der Waals surface area (Å²) in [5, 5.41) is 0. The topological polar surface area (TPSA) is 12.9 Å². The first-order valence-corrected chi connectivity index (χ1v) is 4.04. The number of aromatic nitrogens is 1. The highest BCUT2D eigenvalue weighted by atomic mass is 127. The van der Waals surface area contributed by atoms with Gasteiger partial charge in [-0.25, -0.2) is 9.37 Å². The van der Waals surface area contributed by atoms with Gasteiger partial charge in [0, 0.05) is 6.20 Å². The second-order valence-electron chi connectivity index (χ2n) is 1.40. The van der Waals surface area contributed by atoms with E-state index >= 15 is 0 Å². The SMILES string of the molecule is Fc1c(Br)ccnc1I. The number of pyridine rings is 1. The van der Waals surface area contributed by atoms with E-state index in [1.54, 1.807) is 12.3 Å². The van der Waals surface area contributed by atoms with Gasteiger partial charge in [-0.1, -0.05) is 0 Å². The number of rotatable bonds is 0. The quantitative estimate of drug-likeness (QED) is 0.530. The average Bonchev–Trinajstić information content (AvgIpc) is 1.83. The Morgan fingerprint density at radius 1 is 1.67 bits per heavy atom. The summed E-state index contributed by atoms with van der Waals surface area (Å²) in [4.78, 5) is 3.72. The summed E-state index contributed by atoms with van der Waals surface area (Å²) in [7, 11) is 0. The van der Waals surface area contributed by atoms with Crippen molar-refractivity contribution in [1.82, 2.24) is 4.98 Å². The van der Waals surface area contributed by atoms with E-state index in [-0.39, 0.29) is 5.82 Å². The van der Waals surface area contributed by atoms with E-state index < -0.39 is 0 Å². The zero-order valence-electron chi connectivity index (χ0n) is 4.24. The van der Waals surface area contributed by atoms with E-state index in [2.05, 4.69) is 20.9 Å². The maximum atomic E-state index is 12.6. The predicted octanol–water partition coefficient (Wildman–Crippen LogP) is 2.59. The molecule has 0 radical (unpaired) electrons. The molecule has 0 saturated heterocycles. The van der Waals surface area contributed by atoms with Crippen molar-refractivity contribution >= 4 is 38.5 Å². The standard InChI is InChI=1S/C5H2BrFIN/c6-3-1-2-9-5(8)4(3)7/h1-2H. The van der Waals surface area contributed by atoms with Gasteiger partial charge in [0.15, 0.2) is 5.82 Å². The summed E-state index contributed by atoms with van der Waals surface area (Å²) in [5.74, 6) is -0.293. The van der Waals surface area contributed by atoms with Crippen LogP contribution in [0.15, 0.2) is 16.7 Å². The summed E-state index contributed by atoms with van der Waals surface area (Å²) in [6.07, 6.45) is 1.55. The van der Waals surface area contributed by atoms with Crippen LogP contribution in [0.3, 0.4) is 0 Å². The Balaban J connectivity index is 3.25. The van der Waals surface area contributed by atoms with Crippen molar-refractivity contribution in [2.24, 2.45) is 0 Å². The van der Waals surface area contributed by atoms with Gasteiger partial charge < -0.3 is 0 Å². The molecule has 1 aromatic heterocycles. The Bertz CT molecular complexity index is 208. The molecule has 0 N–H and O–H groups in total. The minimum Gasteiger partial charge on any atom is -0.247 e. The van der Waals surface area contributed by atoms with Crippen LogP contribution in [0.2, 0.25) is 0 Å². The van der Waals surface area contributed by atoms with Crippen LogP contribution in [0.25, 0.3) is 0 Å². The smallest absolute Gasteiger partial charge is 0.169 e. The molecule has 0 aliphatic heterocycles. The molecule has 1 rings (SSSR count). The van der Waals surface area contributed by atoms with E-state index in [0.29, 0.717) is 8.17 Å². The van der Waals surface area contributed by atoms with Gasteiger partial charge in [-0.3, -0.25) is 0 Å². The molecule has 0 atom stereocenters. The summed E-state index contributed by atoms with van der Waals surface area (Å²) < 4.78 is 13.5. The van der Waals surface area contributed by atoms with Crippen LogP contribution in [0.1, 0.15) is 0 Å². The molecule has 0 bridgehead atoms. The molecule has 1 aromatic rings. The summed E-state index contributed by atoms with van der Waals surface area (Å²) in [6, 6.07) is 1.57. The fraction of sp³-hybridized carbons (Fsp3) is 0. The van der Waals surface area contributed by atoms with E-state index in [4.69, 9.17) is 0 Å². The number of nitrogens with zero attached hydrogens (tertiary/aromatic N) is 1. The molecule has 48 valence electrons. The van der Waals surface area contributed by atoms with Crippen molar-refractivity contribution in [3.05, 3.63) is 26.3 Å². The van der Waals surface area contributed by atoms with Crippen molar-refractivity contribution in [3.8, 4) is 0 Å². The summed E-state index contributed by atoms with van der Waals surface area (Å²) in [5.41, 5.74) is 0. The van der Waals surface area contributed by atoms with E-state index in [0.717, 1.165) is 0 Å². The lowest BCUT2D eigenvalue weighted by Gasteiger charge is -1.92. The van der Waals surface area contributed by atoms with Crippen molar-refractivity contribution in [2.75, 3.05) is 0 Å². The number of hydrogen-bond acceptors (Lipinski definition) is 1. The van der Waals surface area contributed by atoms with Gasteiger partial charge in [0.25, 0.3) is 0 Å². The van der Waals surface area contributed by atoms with Crippen LogP contribution in [0, 0.1) is 9.52 Å². The van der Waals surface area contributed by atoms with Gasteiger partial charge in [0.2, 0.25) is 0 Å². The molecular formula is C5H2BrFIN. The van der Waals surface area contributed by atoms with E-state index in [9.17, 15) is 4.39 Å². The van der Waals surface area contributed by atoms with E-state index in [1.165, 1.54) is 0 Å². The van der Waals surface area contributed by atoms with E-state index in [1.807, 2.05) is 22.6 Å². The molecular weight excluding hydrogens is 300 g/mol. The largest absolute Gasteiger partial charge is 0.247 e. The highest BCUT2D eigenvalue weighted by molar-refractivity contribution is 14.1. The van der Waals surface area contributed by atoms with Crippen LogP contribution in [-0.4, -0.2) is 4.98 Å². The van der Waals surface area contributed by atoms with Crippen LogP contribution in [0.4, 0.5) is 4.39 Å². The van der Waals surface area contributed by atoms with Crippen molar-refractivity contribution in [2.45, 2.75) is 0 Å². The van der Waals surface area contributed by atoms with Crippen LogP contribution >= 0.6 is 38.5 Å². The molecule has 0 fully saturated rings. The van der Waals surface area contributed by atoms with Crippen molar-refractivity contribution < 1.29 is 4.39 Å². The first-order valence-electron chi connectivity index (χ1n) is 2.17. The lowest BCUT2D eigenvalue weighted by Crippen LogP contribution is -1.85. The fourth-order valence-electron chi connectivity index (χ4n) is 0.397. The lowest BCUT2D eigenvalue weighted by atomic mass is 10.5. The zero-order valence-corrected chi connectivity index (χ0v) is 7.98. The highest BCUT2D eigenvalue weighted by Gasteiger charge is 2.01. The van der Waals surface area contributed by atoms with Gasteiger partial charge in [0.1, 0.15) is 3.70 Å². The van der Waals surface area contributed by atoms with Gasteiger partial charge in [-0.2, -0.15) is 0 Å². The minimum atomic E-state index is -0.293. The zero-order chi connectivity index (χ0) is 6.85. The van der Waals surface area contributed by atoms with Crippen LogP contribution in [0.5, 0.6) is 0 Å². The molecule has 0 aliphatic carbocycles. The van der Waals surface area contributed by atoms with Crippen LogP contribution < -0.4 is 0 Å². The third-order valence-electron chi connectivity index (χ3n) is 0.800. The first-order chi connectivity index (χ1) is 4.22. The molecule has 0 saturated carbocycles.